The zero-order valence-electron chi connectivity index (χ0n) is 13.5. The molecule has 0 aromatic carbocycles. The Bertz CT molecular complexity index is 584. The van der Waals surface area contributed by atoms with Crippen LogP contribution in [0, 0.1) is 0 Å². The van der Waals surface area contributed by atoms with Crippen LogP contribution >= 0.6 is 0 Å². The van der Waals surface area contributed by atoms with E-state index in [1.807, 2.05) is 0 Å². The van der Waals surface area contributed by atoms with Gasteiger partial charge in [-0.1, -0.05) is 23.6 Å². The molecule has 0 aliphatic rings. The number of aromatic carboxylic acids is 2. The molecule has 0 bridgehead atoms. The molecule has 10 nitrogen and oxygen atoms in total. The third kappa shape index (κ3) is 10.7. The average Bonchev–Trinajstić information content (AvgIpc) is 2.59. The first kappa shape index (κ1) is 27.2. The fraction of sp³-hybridized carbons (Fsp3) is 0.143. The van der Waals surface area contributed by atoms with E-state index >= 15 is 0 Å². The molecule has 11 heteroatoms. The largest absolute Gasteiger partial charge is 2.00 e. The molecule has 0 atom stereocenters. The van der Waals surface area contributed by atoms with Crippen molar-refractivity contribution >= 4 is 11.9 Å². The van der Waals surface area contributed by atoms with E-state index in [2.05, 4.69) is 9.97 Å². The second-order valence-electron chi connectivity index (χ2n) is 3.31. The van der Waals surface area contributed by atoms with E-state index in [0.29, 0.717) is 0 Å². The molecule has 0 aliphatic heterocycles. The Morgan fingerprint density at radius 3 is 1.24 bits per heavy atom. The minimum atomic E-state index is -1.29. The van der Waals surface area contributed by atoms with Crippen molar-refractivity contribution in [2.24, 2.45) is 0 Å². The number of pyridine rings is 2. The Balaban J connectivity index is -0.000000312. The Morgan fingerprint density at radius 1 is 0.800 bits per heavy atom. The number of carboxylic acids is 2. The van der Waals surface area contributed by atoms with Crippen molar-refractivity contribution in [2.75, 3.05) is 14.2 Å². The molecular weight excluding hydrogens is 390 g/mol. The number of aliphatic hydroxyl groups is 2. The summed E-state index contributed by atoms with van der Waals surface area (Å²) in [6, 6.07) is 5.12. The zero-order valence-corrected chi connectivity index (χ0v) is 16.5. The van der Waals surface area contributed by atoms with Gasteiger partial charge in [-0.15, -0.1) is 0 Å². The molecule has 0 saturated heterocycles. The molecule has 0 radical (unpaired) electrons. The Morgan fingerprint density at radius 2 is 1.08 bits per heavy atom. The monoisotopic (exact) mass is 404 g/mol. The van der Waals surface area contributed by atoms with Crippen molar-refractivity contribution in [2.45, 2.75) is 0 Å². The average molecular weight is 406 g/mol. The molecule has 4 N–H and O–H groups in total. The van der Waals surface area contributed by atoms with Crippen molar-refractivity contribution in [3.8, 4) is 11.5 Å². The number of hydrogen-bond acceptors (Lipinski definition) is 8. The van der Waals surface area contributed by atoms with Crippen LogP contribution in [0.3, 0.4) is 0 Å². The molecule has 0 unspecified atom stereocenters. The molecule has 0 saturated carbocycles. The van der Waals surface area contributed by atoms with Gasteiger partial charge in [-0.05, 0) is 12.1 Å². The van der Waals surface area contributed by atoms with Crippen LogP contribution in [0.2, 0.25) is 0 Å². The molecule has 0 fully saturated rings. The molecule has 0 aliphatic carbocycles. The molecule has 2 heterocycles. The fourth-order valence-electron chi connectivity index (χ4n) is 1.10. The number of carboxylic acid groups (broad SMARTS) is 2. The summed E-state index contributed by atoms with van der Waals surface area (Å²) in [5, 5.41) is 51.8. The molecule has 2 aromatic rings. The number of nitrogens with zero attached hydrogens (tertiary/aromatic N) is 2. The van der Waals surface area contributed by atoms with Gasteiger partial charge in [-0.2, -0.15) is 0 Å². The van der Waals surface area contributed by atoms with Crippen molar-refractivity contribution in [1.29, 1.82) is 0 Å². The smallest absolute Gasteiger partial charge is 0.871 e. The number of aromatic nitrogens is 2. The quantitative estimate of drug-likeness (QED) is 0.447. The maximum absolute atomic E-state index is 10.6. The minimum Gasteiger partial charge on any atom is -0.871 e. The van der Waals surface area contributed by atoms with Crippen LogP contribution in [0.5, 0.6) is 11.5 Å². The molecule has 0 amide bonds. The number of carbonyl (C=O) groups is 2. The van der Waals surface area contributed by atoms with Crippen LogP contribution in [0.1, 0.15) is 21.0 Å². The molecule has 25 heavy (non-hydrogen) atoms. The summed E-state index contributed by atoms with van der Waals surface area (Å²) >= 11 is 0. The van der Waals surface area contributed by atoms with Crippen LogP contribution in [0.4, 0.5) is 0 Å². The first-order valence-corrected chi connectivity index (χ1v) is 6.03. The van der Waals surface area contributed by atoms with Crippen molar-refractivity contribution in [3.05, 3.63) is 48.0 Å². The topological polar surface area (TPSA) is 187 Å². The number of hydrogen-bond donors (Lipinski definition) is 4. The van der Waals surface area contributed by atoms with Gasteiger partial charge in [-0.3, -0.25) is 0 Å². The molecule has 0 spiro atoms. The van der Waals surface area contributed by atoms with Crippen LogP contribution in [0.25, 0.3) is 0 Å². The van der Waals surface area contributed by atoms with Gasteiger partial charge in [0.15, 0.2) is 0 Å². The van der Waals surface area contributed by atoms with Gasteiger partial charge in [0, 0.05) is 26.6 Å². The summed E-state index contributed by atoms with van der Waals surface area (Å²) in [6.45, 7) is 0. The Kier molecular flexibility index (Phi) is 17.7. The maximum atomic E-state index is 10.6. The summed E-state index contributed by atoms with van der Waals surface area (Å²) < 4.78 is 0. The van der Waals surface area contributed by atoms with E-state index < -0.39 is 34.8 Å². The third-order valence-corrected chi connectivity index (χ3v) is 1.95. The minimum absolute atomic E-state index is 0. The fourth-order valence-corrected chi connectivity index (χ4v) is 1.10. The van der Waals surface area contributed by atoms with E-state index in [4.69, 9.17) is 20.4 Å². The predicted octanol–water partition coefficient (Wildman–Crippen LogP) is -1.08. The van der Waals surface area contributed by atoms with Gasteiger partial charge in [0.25, 0.3) is 0 Å². The van der Waals surface area contributed by atoms with Gasteiger partial charge >= 0.3 is 31.4 Å². The van der Waals surface area contributed by atoms with Crippen LogP contribution < -0.4 is 10.2 Å². The van der Waals surface area contributed by atoms with Crippen molar-refractivity contribution < 1.29 is 59.7 Å². The molecule has 2 aromatic heterocycles. The van der Waals surface area contributed by atoms with E-state index in [0.717, 1.165) is 26.4 Å². The summed E-state index contributed by atoms with van der Waals surface area (Å²) in [6.07, 6.45) is 2.54. The summed E-state index contributed by atoms with van der Waals surface area (Å²) in [4.78, 5) is 27.0. The summed E-state index contributed by atoms with van der Waals surface area (Å²) in [5.74, 6) is -3.69. The molecule has 2 rings (SSSR count). The van der Waals surface area contributed by atoms with Gasteiger partial charge in [0.1, 0.15) is 11.4 Å². The predicted molar refractivity (Wildman–Crippen MR) is 77.6 cm³/mol. The van der Waals surface area contributed by atoms with E-state index in [1.165, 1.54) is 24.5 Å². The first-order chi connectivity index (χ1) is 11.4. The van der Waals surface area contributed by atoms with Gasteiger partial charge in [-0.25, -0.2) is 19.6 Å². The van der Waals surface area contributed by atoms with Crippen LogP contribution in [-0.4, -0.2) is 56.6 Å². The Labute approximate surface area is 155 Å². The SMILES string of the molecule is CO.CO.O=C(O)c1ncccc1[O-].O=C(O)c1ncccc1[O-].[Zn+2]. The zero-order chi connectivity index (χ0) is 19.1. The molecular formula is C14H16N2O8Zn. The summed E-state index contributed by atoms with van der Waals surface area (Å²) in [7, 11) is 2.00. The van der Waals surface area contributed by atoms with Crippen molar-refractivity contribution in [1.82, 2.24) is 9.97 Å². The van der Waals surface area contributed by atoms with E-state index in [-0.39, 0.29) is 19.5 Å². The first-order valence-electron chi connectivity index (χ1n) is 6.03. The van der Waals surface area contributed by atoms with Crippen molar-refractivity contribution in [3.63, 3.8) is 0 Å². The second kappa shape index (κ2) is 16.2. The van der Waals surface area contributed by atoms with Gasteiger partial charge in [0.2, 0.25) is 0 Å². The summed E-state index contributed by atoms with van der Waals surface area (Å²) in [5.41, 5.74) is -0.856. The van der Waals surface area contributed by atoms with E-state index in [9.17, 15) is 19.8 Å². The maximum Gasteiger partial charge on any atom is 2.00 e. The van der Waals surface area contributed by atoms with E-state index in [1.54, 1.807) is 0 Å². The Hall–Kier alpha value is -2.62. The molecule has 132 valence electrons. The number of aliphatic hydroxyl groups excluding tert-OH is 2. The van der Waals surface area contributed by atoms with Gasteiger partial charge in [0.05, 0.1) is 0 Å². The standard InChI is InChI=1S/2C6H5NO3.2CH4O.Zn/c2*8-4-2-1-3-7-5(4)6(9)10;2*1-2;/h2*1-3,8H,(H,9,10);2*2H,1H3;/q;;;;+2/p-2. The second-order valence-corrected chi connectivity index (χ2v) is 3.31. The van der Waals surface area contributed by atoms with Crippen LogP contribution in [0.15, 0.2) is 36.7 Å². The van der Waals surface area contributed by atoms with Gasteiger partial charge < -0.3 is 30.6 Å². The normalized spacial score (nSPS) is 7.84. The van der Waals surface area contributed by atoms with Crippen LogP contribution in [-0.2, 0) is 19.5 Å². The third-order valence-electron chi connectivity index (χ3n) is 1.95. The number of rotatable bonds is 2.